The Morgan fingerprint density at radius 1 is 0.298 bits per heavy atom. The van der Waals surface area contributed by atoms with Gasteiger partial charge in [0, 0.05) is 20.2 Å². The predicted molar refractivity (Wildman–Crippen MR) is 206 cm³/mol. The molecular weight excluding hydrogens is 585 g/mol. The SMILES string of the molecule is c1ccc2cc(-c3ccc(-c4c5ccccc5c(-c5cccc6sc7cc8ccccc8cc7c56)c5ccccc45)cc3)ccc2c1. The molecular formula is C46H28S. The van der Waals surface area contributed by atoms with Crippen LogP contribution in [0.2, 0.25) is 0 Å². The lowest BCUT2D eigenvalue weighted by Crippen LogP contribution is -1.91. The smallest absolute Gasteiger partial charge is 0.0362 e. The molecule has 218 valence electrons. The molecule has 10 rings (SSSR count). The zero-order chi connectivity index (χ0) is 30.9. The number of hydrogen-bond donors (Lipinski definition) is 0. The van der Waals surface area contributed by atoms with Crippen molar-refractivity contribution in [3.05, 3.63) is 170 Å². The van der Waals surface area contributed by atoms with Crippen LogP contribution in [0.25, 0.3) is 96.6 Å². The number of fused-ring (bicyclic) bond motifs is 7. The van der Waals surface area contributed by atoms with Gasteiger partial charge in [-0.3, -0.25) is 0 Å². The summed E-state index contributed by atoms with van der Waals surface area (Å²) in [5, 5.41) is 12.9. The Bertz CT molecular complexity index is 2780. The topological polar surface area (TPSA) is 0 Å². The highest BCUT2D eigenvalue weighted by Crippen LogP contribution is 2.48. The van der Waals surface area contributed by atoms with E-state index in [0.29, 0.717) is 0 Å². The summed E-state index contributed by atoms with van der Waals surface area (Å²) in [6, 6.07) is 62.7. The molecule has 0 saturated carbocycles. The summed E-state index contributed by atoms with van der Waals surface area (Å²) in [7, 11) is 0. The summed E-state index contributed by atoms with van der Waals surface area (Å²) in [6.45, 7) is 0. The quantitative estimate of drug-likeness (QED) is 0.174. The lowest BCUT2D eigenvalue weighted by molar-refractivity contribution is 1.63. The second kappa shape index (κ2) is 10.4. The van der Waals surface area contributed by atoms with Crippen LogP contribution in [0.3, 0.4) is 0 Å². The van der Waals surface area contributed by atoms with E-state index in [1.54, 1.807) is 0 Å². The second-order valence-electron chi connectivity index (χ2n) is 12.5. The number of thiophene rings is 1. The molecule has 1 heteroatoms. The van der Waals surface area contributed by atoms with Crippen molar-refractivity contribution in [2.24, 2.45) is 0 Å². The Balaban J connectivity index is 1.22. The Kier molecular flexibility index (Phi) is 5.85. The van der Waals surface area contributed by atoms with Crippen LogP contribution in [0.4, 0.5) is 0 Å². The third kappa shape index (κ3) is 4.14. The van der Waals surface area contributed by atoms with Gasteiger partial charge in [0.25, 0.3) is 0 Å². The van der Waals surface area contributed by atoms with Crippen molar-refractivity contribution in [2.45, 2.75) is 0 Å². The van der Waals surface area contributed by atoms with E-state index in [4.69, 9.17) is 0 Å². The molecule has 10 aromatic rings. The largest absolute Gasteiger partial charge is 0.135 e. The molecule has 0 amide bonds. The van der Waals surface area contributed by atoms with E-state index in [1.165, 1.54) is 96.6 Å². The fraction of sp³-hybridized carbons (Fsp3) is 0. The molecule has 0 nitrogen and oxygen atoms in total. The summed E-state index contributed by atoms with van der Waals surface area (Å²) in [6.07, 6.45) is 0. The lowest BCUT2D eigenvalue weighted by Gasteiger charge is -2.18. The van der Waals surface area contributed by atoms with Crippen molar-refractivity contribution in [2.75, 3.05) is 0 Å². The molecule has 0 saturated heterocycles. The van der Waals surface area contributed by atoms with Crippen LogP contribution in [0.15, 0.2) is 170 Å². The Hall–Kier alpha value is -5.76. The predicted octanol–water partition coefficient (Wildman–Crippen LogP) is 13.7. The maximum Gasteiger partial charge on any atom is 0.0362 e. The molecule has 1 heterocycles. The molecule has 0 aliphatic rings. The number of hydrogen-bond acceptors (Lipinski definition) is 1. The van der Waals surface area contributed by atoms with E-state index in [0.717, 1.165) is 0 Å². The minimum absolute atomic E-state index is 1.23. The summed E-state index contributed by atoms with van der Waals surface area (Å²) >= 11 is 1.90. The van der Waals surface area contributed by atoms with Crippen LogP contribution in [-0.4, -0.2) is 0 Å². The van der Waals surface area contributed by atoms with Crippen molar-refractivity contribution in [3.63, 3.8) is 0 Å². The first kappa shape index (κ1) is 26.5. The van der Waals surface area contributed by atoms with Crippen LogP contribution in [-0.2, 0) is 0 Å². The van der Waals surface area contributed by atoms with Crippen LogP contribution in [0.5, 0.6) is 0 Å². The molecule has 1 aromatic heterocycles. The van der Waals surface area contributed by atoms with Crippen molar-refractivity contribution in [1.82, 2.24) is 0 Å². The van der Waals surface area contributed by atoms with Gasteiger partial charge in [-0.2, -0.15) is 0 Å². The summed E-state index contributed by atoms with van der Waals surface area (Å²) in [5.41, 5.74) is 7.61. The molecule has 9 aromatic carbocycles. The highest BCUT2D eigenvalue weighted by atomic mass is 32.1. The van der Waals surface area contributed by atoms with Crippen molar-refractivity contribution in [1.29, 1.82) is 0 Å². The maximum absolute atomic E-state index is 2.39. The average Bonchev–Trinajstić information content (AvgIpc) is 3.50. The van der Waals surface area contributed by atoms with Gasteiger partial charge in [0.1, 0.15) is 0 Å². The normalized spacial score (nSPS) is 11.8. The first-order valence-electron chi connectivity index (χ1n) is 16.2. The molecule has 47 heavy (non-hydrogen) atoms. The van der Waals surface area contributed by atoms with Crippen molar-refractivity contribution < 1.29 is 0 Å². The minimum Gasteiger partial charge on any atom is -0.135 e. The summed E-state index contributed by atoms with van der Waals surface area (Å²) in [4.78, 5) is 0. The lowest BCUT2D eigenvalue weighted by atomic mass is 9.84. The van der Waals surface area contributed by atoms with E-state index in [9.17, 15) is 0 Å². The molecule has 0 aliphatic heterocycles. The van der Waals surface area contributed by atoms with Crippen LogP contribution in [0.1, 0.15) is 0 Å². The van der Waals surface area contributed by atoms with Crippen LogP contribution in [0, 0.1) is 0 Å². The first-order valence-corrected chi connectivity index (χ1v) is 17.0. The molecule has 0 fully saturated rings. The molecule has 0 spiro atoms. The van der Waals surface area contributed by atoms with Gasteiger partial charge in [-0.15, -0.1) is 11.3 Å². The van der Waals surface area contributed by atoms with Gasteiger partial charge in [0.05, 0.1) is 0 Å². The molecule has 0 bridgehead atoms. The monoisotopic (exact) mass is 612 g/mol. The molecule has 0 atom stereocenters. The van der Waals surface area contributed by atoms with Gasteiger partial charge >= 0.3 is 0 Å². The number of benzene rings is 9. The second-order valence-corrected chi connectivity index (χ2v) is 13.5. The molecule has 0 aliphatic carbocycles. The zero-order valence-corrected chi connectivity index (χ0v) is 26.4. The Labute approximate surface area is 276 Å². The van der Waals surface area contributed by atoms with Gasteiger partial charge in [-0.05, 0) is 101 Å². The molecule has 0 N–H and O–H groups in total. The van der Waals surface area contributed by atoms with Gasteiger partial charge in [-0.25, -0.2) is 0 Å². The maximum atomic E-state index is 2.39. The van der Waals surface area contributed by atoms with Gasteiger partial charge in [0.2, 0.25) is 0 Å². The van der Waals surface area contributed by atoms with Gasteiger partial charge < -0.3 is 0 Å². The van der Waals surface area contributed by atoms with Crippen molar-refractivity contribution >= 4 is 74.6 Å². The fourth-order valence-electron chi connectivity index (χ4n) is 7.65. The standard InChI is InChI=1S/C46H28S/c1-2-11-32-26-35(25-22-29(32)10-1)30-20-23-31(24-21-30)44-36-14-5-7-16-38(36)45(39-17-8-6-15-37(39)44)40-18-9-19-42-46(40)41-27-33-12-3-4-13-34(33)28-43(41)47-42/h1-28H. The van der Waals surface area contributed by atoms with Gasteiger partial charge in [0.15, 0.2) is 0 Å². The summed E-state index contributed by atoms with van der Waals surface area (Å²) in [5.74, 6) is 0. The zero-order valence-electron chi connectivity index (χ0n) is 25.6. The third-order valence-electron chi connectivity index (χ3n) is 9.82. The number of rotatable bonds is 3. The summed E-state index contributed by atoms with van der Waals surface area (Å²) < 4.78 is 2.66. The molecule has 0 unspecified atom stereocenters. The minimum atomic E-state index is 1.23. The Morgan fingerprint density at radius 2 is 0.830 bits per heavy atom. The highest BCUT2D eigenvalue weighted by Gasteiger charge is 2.20. The molecule has 0 radical (unpaired) electrons. The highest BCUT2D eigenvalue weighted by molar-refractivity contribution is 7.26. The van der Waals surface area contributed by atoms with Crippen molar-refractivity contribution in [3.8, 4) is 33.4 Å². The average molecular weight is 613 g/mol. The van der Waals surface area contributed by atoms with E-state index < -0.39 is 0 Å². The van der Waals surface area contributed by atoms with E-state index in [-0.39, 0.29) is 0 Å². The van der Waals surface area contributed by atoms with Crippen LogP contribution < -0.4 is 0 Å². The van der Waals surface area contributed by atoms with E-state index >= 15 is 0 Å². The first-order chi connectivity index (χ1) is 23.3. The third-order valence-corrected chi connectivity index (χ3v) is 10.9. The van der Waals surface area contributed by atoms with Crippen LogP contribution >= 0.6 is 11.3 Å². The van der Waals surface area contributed by atoms with Gasteiger partial charge in [-0.1, -0.05) is 146 Å². The van der Waals surface area contributed by atoms with E-state index in [1.807, 2.05) is 11.3 Å². The fourth-order valence-corrected chi connectivity index (χ4v) is 8.81. The Morgan fingerprint density at radius 3 is 1.51 bits per heavy atom. The van der Waals surface area contributed by atoms with E-state index in [2.05, 4.69) is 170 Å².